The second-order valence-corrected chi connectivity index (χ2v) is 5.94. The van der Waals surface area contributed by atoms with Gasteiger partial charge in [0, 0.05) is 31.8 Å². The number of likely N-dealkylation sites (tertiary alicyclic amines) is 1. The van der Waals surface area contributed by atoms with Crippen molar-refractivity contribution >= 4 is 5.91 Å². The van der Waals surface area contributed by atoms with Gasteiger partial charge in [-0.2, -0.15) is 0 Å². The quantitative estimate of drug-likeness (QED) is 0.874. The van der Waals surface area contributed by atoms with E-state index >= 15 is 0 Å². The fourth-order valence-electron chi connectivity index (χ4n) is 3.03. The number of hydrogen-bond donors (Lipinski definition) is 0. The molecule has 0 unspecified atom stereocenters. The van der Waals surface area contributed by atoms with Crippen LogP contribution in [0.5, 0.6) is 0 Å². The fraction of sp³-hybridized carbons (Fsp3) is 0.389. The highest BCUT2D eigenvalue weighted by molar-refractivity contribution is 5.73. The maximum absolute atomic E-state index is 11.5. The molecular weight excluding hydrogens is 274 g/mol. The van der Waals surface area contributed by atoms with Crippen molar-refractivity contribution in [1.29, 1.82) is 0 Å². The number of amides is 1. The van der Waals surface area contributed by atoms with Gasteiger partial charge in [-0.05, 0) is 25.2 Å². The minimum atomic E-state index is 0.176. The van der Waals surface area contributed by atoms with Crippen molar-refractivity contribution in [2.24, 2.45) is 5.92 Å². The summed E-state index contributed by atoms with van der Waals surface area (Å²) in [6.07, 6.45) is 6.85. The Morgan fingerprint density at radius 1 is 1.23 bits per heavy atom. The lowest BCUT2D eigenvalue weighted by Crippen LogP contribution is -2.39. The van der Waals surface area contributed by atoms with Gasteiger partial charge >= 0.3 is 0 Å². The maximum Gasteiger partial charge on any atom is 0.219 e. The summed E-state index contributed by atoms with van der Waals surface area (Å²) in [7, 11) is 0. The molecule has 0 aliphatic carbocycles. The van der Waals surface area contributed by atoms with Gasteiger partial charge in [-0.15, -0.1) is 0 Å². The summed E-state index contributed by atoms with van der Waals surface area (Å²) < 4.78 is 0. The van der Waals surface area contributed by atoms with E-state index in [-0.39, 0.29) is 5.91 Å². The number of aromatic nitrogens is 2. The molecule has 1 aliphatic rings. The van der Waals surface area contributed by atoms with Gasteiger partial charge in [0.05, 0.1) is 17.6 Å². The second kappa shape index (κ2) is 6.69. The molecule has 1 aromatic heterocycles. The first-order valence-corrected chi connectivity index (χ1v) is 7.84. The van der Waals surface area contributed by atoms with E-state index < -0.39 is 0 Å². The molecule has 22 heavy (non-hydrogen) atoms. The summed E-state index contributed by atoms with van der Waals surface area (Å²) in [4.78, 5) is 22.5. The summed E-state index contributed by atoms with van der Waals surface area (Å²) in [6.45, 7) is 3.39. The number of benzene rings is 1. The molecule has 1 fully saturated rings. The number of nitrogens with zero attached hydrogens (tertiary/aromatic N) is 3. The molecule has 1 saturated heterocycles. The summed E-state index contributed by atoms with van der Waals surface area (Å²) >= 11 is 0. The second-order valence-electron chi connectivity index (χ2n) is 5.94. The third-order valence-corrected chi connectivity index (χ3v) is 4.24. The lowest BCUT2D eigenvalue weighted by Gasteiger charge is -2.31. The molecule has 2 aromatic rings. The first-order valence-electron chi connectivity index (χ1n) is 7.84. The van der Waals surface area contributed by atoms with E-state index in [1.807, 2.05) is 47.6 Å². The fourth-order valence-corrected chi connectivity index (χ4v) is 3.03. The highest BCUT2D eigenvalue weighted by Gasteiger charge is 2.22. The van der Waals surface area contributed by atoms with Gasteiger partial charge in [0.2, 0.25) is 5.91 Å². The summed E-state index contributed by atoms with van der Waals surface area (Å²) in [5.74, 6) is 0.671. The first-order chi connectivity index (χ1) is 10.7. The molecule has 1 amide bonds. The van der Waals surface area contributed by atoms with E-state index in [9.17, 15) is 4.79 Å². The third kappa shape index (κ3) is 3.50. The average Bonchev–Trinajstić information content (AvgIpc) is 2.56. The van der Waals surface area contributed by atoms with Crippen LogP contribution in [0.2, 0.25) is 0 Å². The van der Waals surface area contributed by atoms with Gasteiger partial charge in [0.15, 0.2) is 0 Å². The molecule has 4 nitrogen and oxygen atoms in total. The van der Waals surface area contributed by atoms with Crippen LogP contribution in [-0.4, -0.2) is 33.9 Å². The van der Waals surface area contributed by atoms with Gasteiger partial charge in [-0.25, -0.2) is 0 Å². The average molecular weight is 295 g/mol. The van der Waals surface area contributed by atoms with Crippen molar-refractivity contribution in [1.82, 2.24) is 14.9 Å². The van der Waals surface area contributed by atoms with Crippen LogP contribution in [0.3, 0.4) is 0 Å². The van der Waals surface area contributed by atoms with Gasteiger partial charge in [-0.3, -0.25) is 14.8 Å². The Bertz CT molecular complexity index is 625. The lowest BCUT2D eigenvalue weighted by atomic mass is 9.93. The zero-order valence-electron chi connectivity index (χ0n) is 12.9. The van der Waals surface area contributed by atoms with Crippen LogP contribution in [0.1, 0.15) is 25.5 Å². The maximum atomic E-state index is 11.5. The third-order valence-electron chi connectivity index (χ3n) is 4.24. The Kier molecular flexibility index (Phi) is 4.47. The van der Waals surface area contributed by atoms with Crippen LogP contribution >= 0.6 is 0 Å². The highest BCUT2D eigenvalue weighted by atomic mass is 16.2. The summed E-state index contributed by atoms with van der Waals surface area (Å²) in [5.41, 5.74) is 3.00. The van der Waals surface area contributed by atoms with Crippen molar-refractivity contribution in [2.45, 2.75) is 26.2 Å². The largest absolute Gasteiger partial charge is 0.343 e. The van der Waals surface area contributed by atoms with Crippen molar-refractivity contribution < 1.29 is 4.79 Å². The predicted octanol–water partition coefficient (Wildman–Crippen LogP) is 2.94. The number of carbonyl (C=O) groups is 1. The molecular formula is C18H21N3O. The molecule has 0 radical (unpaired) electrons. The Hall–Kier alpha value is -2.23. The van der Waals surface area contributed by atoms with E-state index in [1.165, 1.54) is 0 Å². The van der Waals surface area contributed by atoms with Crippen molar-refractivity contribution in [3.63, 3.8) is 0 Å². The van der Waals surface area contributed by atoms with Gasteiger partial charge in [0.25, 0.3) is 0 Å². The van der Waals surface area contributed by atoms with Gasteiger partial charge in [0.1, 0.15) is 0 Å². The molecule has 1 atom stereocenters. The van der Waals surface area contributed by atoms with Gasteiger partial charge < -0.3 is 4.90 Å². The molecule has 3 rings (SSSR count). The molecule has 4 heteroatoms. The molecule has 114 valence electrons. The molecule has 0 saturated carbocycles. The first kappa shape index (κ1) is 14.7. The summed E-state index contributed by atoms with van der Waals surface area (Å²) in [5, 5.41) is 0. The van der Waals surface area contributed by atoms with Crippen LogP contribution in [-0.2, 0) is 11.2 Å². The monoisotopic (exact) mass is 295 g/mol. The Labute approximate surface area is 131 Å². The molecule has 1 aliphatic heterocycles. The van der Waals surface area contributed by atoms with Crippen molar-refractivity contribution in [2.75, 3.05) is 13.1 Å². The Morgan fingerprint density at radius 2 is 2.05 bits per heavy atom. The molecule has 0 bridgehead atoms. The van der Waals surface area contributed by atoms with E-state index in [1.54, 1.807) is 6.92 Å². The predicted molar refractivity (Wildman–Crippen MR) is 86.2 cm³/mol. The topological polar surface area (TPSA) is 46.1 Å². The standard InChI is InChI=1S/C18H21N3O/c1-14(22)21-9-5-6-15(13-21)10-17-11-20-18(12-19-17)16-7-3-2-4-8-16/h2-4,7-8,11-12,15H,5-6,9-10,13H2,1H3/t15-/m0/s1. The smallest absolute Gasteiger partial charge is 0.219 e. The SMILES string of the molecule is CC(=O)N1CCC[C@@H](Cc2cnc(-c3ccccc3)cn2)C1. The van der Waals surface area contributed by atoms with E-state index in [4.69, 9.17) is 0 Å². The van der Waals surface area contributed by atoms with Crippen molar-refractivity contribution in [3.8, 4) is 11.3 Å². The Morgan fingerprint density at radius 3 is 2.73 bits per heavy atom. The number of piperidine rings is 1. The normalized spacial score (nSPS) is 18.2. The minimum Gasteiger partial charge on any atom is -0.343 e. The number of carbonyl (C=O) groups excluding carboxylic acids is 1. The molecule has 0 N–H and O–H groups in total. The summed E-state index contributed by atoms with van der Waals surface area (Å²) in [6, 6.07) is 10.1. The van der Waals surface area contributed by atoms with Gasteiger partial charge in [-0.1, -0.05) is 30.3 Å². The molecule has 1 aromatic carbocycles. The minimum absolute atomic E-state index is 0.176. The molecule has 0 spiro atoms. The molecule has 2 heterocycles. The van der Waals surface area contributed by atoms with Crippen LogP contribution in [0, 0.1) is 5.92 Å². The van der Waals surface area contributed by atoms with Crippen LogP contribution in [0.15, 0.2) is 42.7 Å². The van der Waals surface area contributed by atoms with E-state index in [2.05, 4.69) is 9.97 Å². The van der Waals surface area contributed by atoms with E-state index in [0.717, 1.165) is 49.3 Å². The van der Waals surface area contributed by atoms with Crippen LogP contribution in [0.25, 0.3) is 11.3 Å². The zero-order chi connectivity index (χ0) is 15.4. The van der Waals surface area contributed by atoms with Crippen LogP contribution < -0.4 is 0 Å². The Balaban J connectivity index is 1.65. The van der Waals surface area contributed by atoms with Crippen LogP contribution in [0.4, 0.5) is 0 Å². The van der Waals surface area contributed by atoms with E-state index in [0.29, 0.717) is 5.92 Å². The lowest BCUT2D eigenvalue weighted by molar-refractivity contribution is -0.130. The number of hydrogen-bond acceptors (Lipinski definition) is 3. The highest BCUT2D eigenvalue weighted by Crippen LogP contribution is 2.21. The number of rotatable bonds is 3. The van der Waals surface area contributed by atoms with Crippen molar-refractivity contribution in [3.05, 3.63) is 48.4 Å². The zero-order valence-corrected chi connectivity index (χ0v) is 12.9.